The normalized spacial score (nSPS) is 19.3. The highest BCUT2D eigenvalue weighted by molar-refractivity contribution is 8.03. The number of ether oxygens (including phenoxy) is 1. The molecule has 2 rings (SSSR count). The average molecular weight is 234 g/mol. The molecule has 1 unspecified atom stereocenters. The van der Waals surface area contributed by atoms with E-state index >= 15 is 0 Å². The maximum absolute atomic E-state index is 10.9. The van der Waals surface area contributed by atoms with Crippen LogP contribution in [0, 0.1) is 0 Å². The molecule has 0 spiro atoms. The summed E-state index contributed by atoms with van der Waals surface area (Å²) in [5, 5.41) is 0. The minimum atomic E-state index is -0.202. The molecule has 1 aromatic carbocycles. The first-order valence-corrected chi connectivity index (χ1v) is 6.17. The molecule has 1 aliphatic carbocycles. The third-order valence-corrected chi connectivity index (χ3v) is 3.55. The zero-order chi connectivity index (χ0) is 11.4. The summed E-state index contributed by atoms with van der Waals surface area (Å²) in [4.78, 5) is 13.3. The van der Waals surface area contributed by atoms with Crippen LogP contribution in [-0.2, 0) is 9.53 Å². The van der Waals surface area contributed by atoms with Crippen LogP contribution in [0.2, 0.25) is 0 Å². The van der Waals surface area contributed by atoms with E-state index in [0.717, 1.165) is 17.7 Å². The largest absolute Gasteiger partial charge is 0.457 e. The van der Waals surface area contributed by atoms with Gasteiger partial charge in [0.1, 0.15) is 6.10 Å². The number of carbonyl (C=O) groups is 1. The van der Waals surface area contributed by atoms with Gasteiger partial charge in [0.25, 0.3) is 0 Å². The molecule has 0 amide bonds. The lowest BCUT2D eigenvalue weighted by atomic mass is 10.3. The van der Waals surface area contributed by atoms with Crippen molar-refractivity contribution in [3.05, 3.63) is 41.3 Å². The third kappa shape index (κ3) is 2.89. The lowest BCUT2D eigenvalue weighted by molar-refractivity contribution is -0.144. The van der Waals surface area contributed by atoms with E-state index in [1.54, 1.807) is 11.8 Å². The van der Waals surface area contributed by atoms with E-state index in [1.165, 1.54) is 11.8 Å². The number of carbonyl (C=O) groups excluding carboxylic acids is 1. The van der Waals surface area contributed by atoms with Gasteiger partial charge in [0.15, 0.2) is 0 Å². The summed E-state index contributed by atoms with van der Waals surface area (Å²) < 4.78 is 5.27. The molecule has 1 atom stereocenters. The smallest absolute Gasteiger partial charge is 0.303 e. The zero-order valence-electron chi connectivity index (χ0n) is 9.18. The van der Waals surface area contributed by atoms with Gasteiger partial charge in [0.2, 0.25) is 0 Å². The van der Waals surface area contributed by atoms with Crippen LogP contribution in [0.15, 0.2) is 46.2 Å². The predicted molar refractivity (Wildman–Crippen MR) is 65.2 cm³/mol. The highest BCUT2D eigenvalue weighted by atomic mass is 32.2. The van der Waals surface area contributed by atoms with Gasteiger partial charge in [-0.1, -0.05) is 36.0 Å². The maximum atomic E-state index is 10.9. The SMILES string of the molecule is CC(=O)OC1CCC=C1Sc1ccccc1. The molecule has 0 fully saturated rings. The number of hydrogen-bond donors (Lipinski definition) is 0. The molecule has 0 heterocycles. The van der Waals surface area contributed by atoms with Gasteiger partial charge in [-0.2, -0.15) is 0 Å². The van der Waals surface area contributed by atoms with Crippen LogP contribution in [0.3, 0.4) is 0 Å². The third-order valence-electron chi connectivity index (χ3n) is 2.38. The van der Waals surface area contributed by atoms with Gasteiger partial charge in [-0.05, 0) is 25.0 Å². The Morgan fingerprint density at radius 3 is 2.81 bits per heavy atom. The molecular weight excluding hydrogens is 220 g/mol. The molecule has 0 saturated heterocycles. The first kappa shape index (κ1) is 11.3. The molecule has 1 aromatic rings. The van der Waals surface area contributed by atoms with Crippen LogP contribution in [0.4, 0.5) is 0 Å². The fraction of sp³-hybridized carbons (Fsp3) is 0.308. The Kier molecular flexibility index (Phi) is 3.67. The summed E-state index contributed by atoms with van der Waals surface area (Å²) in [5.41, 5.74) is 0. The Labute approximate surface area is 99.7 Å². The predicted octanol–water partition coefficient (Wildman–Crippen LogP) is 3.39. The van der Waals surface area contributed by atoms with Crippen molar-refractivity contribution >= 4 is 17.7 Å². The van der Waals surface area contributed by atoms with Crippen molar-refractivity contribution in [1.29, 1.82) is 0 Å². The Morgan fingerprint density at radius 1 is 1.38 bits per heavy atom. The second-order valence-electron chi connectivity index (χ2n) is 3.70. The van der Waals surface area contributed by atoms with Crippen molar-refractivity contribution in [2.24, 2.45) is 0 Å². The highest BCUT2D eigenvalue weighted by Gasteiger charge is 2.22. The van der Waals surface area contributed by atoms with E-state index < -0.39 is 0 Å². The maximum Gasteiger partial charge on any atom is 0.303 e. The van der Waals surface area contributed by atoms with Crippen LogP contribution in [0.1, 0.15) is 19.8 Å². The van der Waals surface area contributed by atoms with Gasteiger partial charge in [0, 0.05) is 16.7 Å². The first-order valence-electron chi connectivity index (χ1n) is 5.36. The topological polar surface area (TPSA) is 26.3 Å². The quantitative estimate of drug-likeness (QED) is 0.750. The lowest BCUT2D eigenvalue weighted by Crippen LogP contribution is -2.13. The van der Waals surface area contributed by atoms with E-state index in [9.17, 15) is 4.79 Å². The molecule has 0 N–H and O–H groups in total. The van der Waals surface area contributed by atoms with Crippen LogP contribution in [0.25, 0.3) is 0 Å². The Morgan fingerprint density at radius 2 is 2.12 bits per heavy atom. The van der Waals surface area contributed by atoms with Gasteiger partial charge in [-0.15, -0.1) is 0 Å². The summed E-state index contributed by atoms with van der Waals surface area (Å²) in [6, 6.07) is 10.2. The number of rotatable bonds is 3. The van der Waals surface area contributed by atoms with Crippen molar-refractivity contribution in [1.82, 2.24) is 0 Å². The zero-order valence-corrected chi connectivity index (χ0v) is 10.00. The van der Waals surface area contributed by atoms with E-state index in [4.69, 9.17) is 4.74 Å². The van der Waals surface area contributed by atoms with Crippen molar-refractivity contribution < 1.29 is 9.53 Å². The summed E-state index contributed by atoms with van der Waals surface area (Å²) in [7, 11) is 0. The van der Waals surface area contributed by atoms with E-state index in [1.807, 2.05) is 18.2 Å². The van der Waals surface area contributed by atoms with Gasteiger partial charge in [-0.3, -0.25) is 4.79 Å². The monoisotopic (exact) mass is 234 g/mol. The molecule has 1 aliphatic rings. The fourth-order valence-corrected chi connectivity index (χ4v) is 2.76. The van der Waals surface area contributed by atoms with E-state index in [0.29, 0.717) is 0 Å². The molecule has 16 heavy (non-hydrogen) atoms. The van der Waals surface area contributed by atoms with Crippen LogP contribution in [-0.4, -0.2) is 12.1 Å². The minimum Gasteiger partial charge on any atom is -0.457 e. The highest BCUT2D eigenvalue weighted by Crippen LogP contribution is 2.36. The van der Waals surface area contributed by atoms with Crippen LogP contribution < -0.4 is 0 Å². The van der Waals surface area contributed by atoms with Gasteiger partial charge < -0.3 is 4.74 Å². The van der Waals surface area contributed by atoms with E-state index in [2.05, 4.69) is 18.2 Å². The summed E-state index contributed by atoms with van der Waals surface area (Å²) >= 11 is 1.69. The van der Waals surface area contributed by atoms with E-state index in [-0.39, 0.29) is 12.1 Å². The van der Waals surface area contributed by atoms with Crippen LogP contribution >= 0.6 is 11.8 Å². The Hall–Kier alpha value is -1.22. The number of thioether (sulfide) groups is 1. The van der Waals surface area contributed by atoms with Gasteiger partial charge in [-0.25, -0.2) is 0 Å². The minimum absolute atomic E-state index is 0.0392. The lowest BCUT2D eigenvalue weighted by Gasteiger charge is -2.14. The van der Waals surface area contributed by atoms with Crippen molar-refractivity contribution in [3.63, 3.8) is 0 Å². The number of allylic oxidation sites excluding steroid dienone is 1. The fourth-order valence-electron chi connectivity index (χ4n) is 1.70. The first-order chi connectivity index (χ1) is 7.75. The molecule has 2 nitrogen and oxygen atoms in total. The second kappa shape index (κ2) is 5.21. The molecule has 0 aliphatic heterocycles. The standard InChI is InChI=1S/C13H14O2S/c1-10(14)15-12-8-5-9-13(12)16-11-6-3-2-4-7-11/h2-4,6-7,9,12H,5,8H2,1H3. The average Bonchev–Trinajstić information content (AvgIpc) is 2.66. The van der Waals surface area contributed by atoms with Gasteiger partial charge in [0.05, 0.1) is 0 Å². The second-order valence-corrected chi connectivity index (χ2v) is 4.84. The molecule has 3 heteroatoms. The molecule has 0 saturated carbocycles. The molecule has 0 aromatic heterocycles. The number of hydrogen-bond acceptors (Lipinski definition) is 3. The molecule has 84 valence electrons. The Balaban J connectivity index is 2.01. The molecular formula is C13H14O2S. The summed E-state index contributed by atoms with van der Waals surface area (Å²) in [6.07, 6.45) is 4.02. The van der Waals surface area contributed by atoms with Crippen LogP contribution in [0.5, 0.6) is 0 Å². The van der Waals surface area contributed by atoms with Crippen molar-refractivity contribution in [2.45, 2.75) is 30.8 Å². The van der Waals surface area contributed by atoms with Gasteiger partial charge >= 0.3 is 5.97 Å². The molecule has 0 bridgehead atoms. The van der Waals surface area contributed by atoms with Crippen molar-refractivity contribution in [2.75, 3.05) is 0 Å². The number of esters is 1. The van der Waals surface area contributed by atoms with Crippen molar-refractivity contribution in [3.8, 4) is 0 Å². The molecule has 0 radical (unpaired) electrons. The summed E-state index contributed by atoms with van der Waals surface area (Å²) in [5.74, 6) is -0.202. The number of benzene rings is 1. The Bertz CT molecular complexity index is 398. The summed E-state index contributed by atoms with van der Waals surface area (Å²) in [6.45, 7) is 1.46.